The second-order valence-electron chi connectivity index (χ2n) is 2.72. The Hall–Kier alpha value is -0.260. The van der Waals surface area contributed by atoms with Crippen molar-refractivity contribution in [1.82, 2.24) is 0 Å². The fourth-order valence-electron chi connectivity index (χ4n) is 1.04. The SMILES string of the molecule is CC1CS(=O)(=O)C(F)(F)C1F. The van der Waals surface area contributed by atoms with Crippen LogP contribution in [0.2, 0.25) is 0 Å². The third-order valence-corrected chi connectivity index (χ3v) is 3.74. The van der Waals surface area contributed by atoms with Gasteiger partial charge in [-0.25, -0.2) is 12.8 Å². The van der Waals surface area contributed by atoms with Gasteiger partial charge in [-0.2, -0.15) is 8.78 Å². The average molecular weight is 188 g/mol. The first-order valence-electron chi connectivity index (χ1n) is 3.03. The molecule has 0 spiro atoms. The van der Waals surface area contributed by atoms with Crippen LogP contribution < -0.4 is 0 Å². The Kier molecular flexibility index (Phi) is 1.70. The molecule has 1 heterocycles. The Bertz CT molecular complexity index is 259. The van der Waals surface area contributed by atoms with Crippen LogP contribution >= 0.6 is 0 Å². The molecular formula is C5H7F3O2S. The largest absolute Gasteiger partial charge is 0.376 e. The summed E-state index contributed by atoms with van der Waals surface area (Å²) in [5.41, 5.74) is 0. The van der Waals surface area contributed by atoms with Crippen molar-refractivity contribution < 1.29 is 21.6 Å². The topological polar surface area (TPSA) is 34.1 Å². The highest BCUT2D eigenvalue weighted by Crippen LogP contribution is 2.40. The number of hydrogen-bond donors (Lipinski definition) is 0. The van der Waals surface area contributed by atoms with Crippen LogP contribution in [0.15, 0.2) is 0 Å². The zero-order valence-corrected chi connectivity index (χ0v) is 6.54. The third-order valence-electron chi connectivity index (χ3n) is 1.72. The molecule has 0 aliphatic carbocycles. The van der Waals surface area contributed by atoms with Crippen LogP contribution in [0.3, 0.4) is 0 Å². The maximum atomic E-state index is 12.5. The lowest BCUT2D eigenvalue weighted by molar-refractivity contribution is -0.00108. The van der Waals surface area contributed by atoms with E-state index in [2.05, 4.69) is 0 Å². The van der Waals surface area contributed by atoms with E-state index in [4.69, 9.17) is 0 Å². The normalized spacial score (nSPS) is 40.7. The van der Waals surface area contributed by atoms with Gasteiger partial charge in [-0.15, -0.1) is 0 Å². The standard InChI is InChI=1S/C5H7F3O2S/c1-3-2-11(9,10)5(7,8)4(3)6/h3-4H,2H2,1H3. The van der Waals surface area contributed by atoms with Crippen LogP contribution in [-0.2, 0) is 9.84 Å². The molecule has 2 unspecified atom stereocenters. The highest BCUT2D eigenvalue weighted by molar-refractivity contribution is 7.92. The van der Waals surface area contributed by atoms with E-state index < -0.39 is 32.9 Å². The predicted molar refractivity (Wildman–Crippen MR) is 32.8 cm³/mol. The number of rotatable bonds is 0. The molecule has 2 atom stereocenters. The first-order valence-corrected chi connectivity index (χ1v) is 4.68. The third kappa shape index (κ3) is 1.04. The minimum atomic E-state index is -4.53. The van der Waals surface area contributed by atoms with Gasteiger partial charge in [0.1, 0.15) is 0 Å². The summed E-state index contributed by atoms with van der Waals surface area (Å²) in [7, 11) is -4.53. The lowest BCUT2D eigenvalue weighted by Gasteiger charge is -2.10. The van der Waals surface area contributed by atoms with Gasteiger partial charge in [0.25, 0.3) is 0 Å². The number of halogens is 3. The van der Waals surface area contributed by atoms with Gasteiger partial charge in [-0.1, -0.05) is 6.92 Å². The maximum Gasteiger partial charge on any atom is 0.376 e. The van der Waals surface area contributed by atoms with E-state index in [1.54, 1.807) is 0 Å². The van der Waals surface area contributed by atoms with Crippen molar-refractivity contribution in [2.24, 2.45) is 5.92 Å². The summed E-state index contributed by atoms with van der Waals surface area (Å²) < 4.78 is 58.3. The summed E-state index contributed by atoms with van der Waals surface area (Å²) in [6.07, 6.45) is -2.55. The average Bonchev–Trinajstić information content (AvgIpc) is 1.93. The monoisotopic (exact) mass is 188 g/mol. The number of sulfone groups is 1. The molecule has 1 aliphatic rings. The van der Waals surface area contributed by atoms with Gasteiger partial charge in [0.2, 0.25) is 9.84 Å². The van der Waals surface area contributed by atoms with Gasteiger partial charge in [-0.05, 0) is 0 Å². The molecule has 1 aliphatic heterocycles. The molecule has 0 aromatic rings. The molecule has 0 radical (unpaired) electrons. The molecule has 0 bridgehead atoms. The van der Waals surface area contributed by atoms with Crippen LogP contribution in [0.5, 0.6) is 0 Å². The van der Waals surface area contributed by atoms with Crippen molar-refractivity contribution in [3.63, 3.8) is 0 Å². The van der Waals surface area contributed by atoms with E-state index in [9.17, 15) is 21.6 Å². The molecule has 2 nitrogen and oxygen atoms in total. The molecular weight excluding hydrogens is 181 g/mol. The Morgan fingerprint density at radius 3 is 2.00 bits per heavy atom. The van der Waals surface area contributed by atoms with Crippen molar-refractivity contribution in [2.45, 2.75) is 18.3 Å². The summed E-state index contributed by atoms with van der Waals surface area (Å²) in [6, 6.07) is 0. The summed E-state index contributed by atoms with van der Waals surface area (Å²) in [5.74, 6) is -1.86. The molecule has 1 fully saturated rings. The lowest BCUT2D eigenvalue weighted by Crippen LogP contribution is -2.32. The first-order chi connectivity index (χ1) is 4.79. The van der Waals surface area contributed by atoms with Crippen molar-refractivity contribution in [2.75, 3.05) is 5.75 Å². The summed E-state index contributed by atoms with van der Waals surface area (Å²) in [4.78, 5) is 0. The smallest absolute Gasteiger partial charge is 0.239 e. The molecule has 6 heteroatoms. The zero-order chi connectivity index (χ0) is 8.86. The highest BCUT2D eigenvalue weighted by Gasteiger charge is 2.61. The van der Waals surface area contributed by atoms with E-state index in [0.29, 0.717) is 0 Å². The molecule has 0 aromatic carbocycles. The summed E-state index contributed by atoms with van der Waals surface area (Å²) in [5, 5.41) is -4.17. The van der Waals surface area contributed by atoms with Gasteiger partial charge in [0.05, 0.1) is 5.75 Å². The van der Waals surface area contributed by atoms with E-state index in [-0.39, 0.29) is 0 Å². The molecule has 0 amide bonds. The molecule has 1 saturated heterocycles. The number of hydrogen-bond acceptors (Lipinski definition) is 2. The van der Waals surface area contributed by atoms with Gasteiger partial charge >= 0.3 is 5.25 Å². The minimum Gasteiger partial charge on any atom is -0.239 e. The van der Waals surface area contributed by atoms with Crippen LogP contribution in [0.25, 0.3) is 0 Å². The molecule has 0 N–H and O–H groups in total. The van der Waals surface area contributed by atoms with E-state index in [0.717, 1.165) is 6.92 Å². The summed E-state index contributed by atoms with van der Waals surface area (Å²) in [6.45, 7) is 1.16. The molecule has 11 heavy (non-hydrogen) atoms. The quantitative estimate of drug-likeness (QED) is 0.568. The van der Waals surface area contributed by atoms with Crippen molar-refractivity contribution >= 4 is 9.84 Å². The predicted octanol–water partition coefficient (Wildman–Crippen LogP) is 0.982. The Morgan fingerprint density at radius 2 is 1.91 bits per heavy atom. The fraction of sp³-hybridized carbons (Fsp3) is 1.00. The second-order valence-corrected chi connectivity index (χ2v) is 4.83. The first kappa shape index (κ1) is 8.83. The highest BCUT2D eigenvalue weighted by atomic mass is 32.2. The van der Waals surface area contributed by atoms with Crippen molar-refractivity contribution in [3.8, 4) is 0 Å². The zero-order valence-electron chi connectivity index (χ0n) is 5.72. The van der Waals surface area contributed by atoms with E-state index in [1.807, 2.05) is 0 Å². The molecule has 0 saturated carbocycles. The van der Waals surface area contributed by atoms with Gasteiger partial charge in [0, 0.05) is 5.92 Å². The maximum absolute atomic E-state index is 12.5. The fourth-order valence-corrected chi connectivity index (χ4v) is 2.70. The lowest BCUT2D eigenvalue weighted by atomic mass is 10.1. The number of alkyl halides is 3. The minimum absolute atomic E-state index is 0.763. The molecule has 1 rings (SSSR count). The van der Waals surface area contributed by atoms with Crippen molar-refractivity contribution in [1.29, 1.82) is 0 Å². The van der Waals surface area contributed by atoms with Crippen LogP contribution in [0, 0.1) is 5.92 Å². The second kappa shape index (κ2) is 2.12. The Labute approximate surface area is 62.3 Å². The Morgan fingerprint density at radius 1 is 1.45 bits per heavy atom. The molecule has 66 valence electrons. The van der Waals surface area contributed by atoms with Crippen LogP contribution in [-0.4, -0.2) is 25.6 Å². The Balaban J connectivity index is 3.12. The van der Waals surface area contributed by atoms with Crippen molar-refractivity contribution in [3.05, 3.63) is 0 Å². The van der Waals surface area contributed by atoms with Gasteiger partial charge in [-0.3, -0.25) is 0 Å². The van der Waals surface area contributed by atoms with Crippen LogP contribution in [0.1, 0.15) is 6.92 Å². The van der Waals surface area contributed by atoms with Crippen LogP contribution in [0.4, 0.5) is 13.2 Å². The van der Waals surface area contributed by atoms with Gasteiger partial charge < -0.3 is 0 Å². The van der Waals surface area contributed by atoms with E-state index in [1.165, 1.54) is 0 Å². The van der Waals surface area contributed by atoms with E-state index >= 15 is 0 Å². The molecule has 0 aromatic heterocycles. The van der Waals surface area contributed by atoms with Gasteiger partial charge in [0.15, 0.2) is 6.17 Å². The summed E-state index contributed by atoms with van der Waals surface area (Å²) >= 11 is 0.